The van der Waals surface area contributed by atoms with Gasteiger partial charge in [-0.25, -0.2) is 4.83 Å². The van der Waals surface area contributed by atoms with E-state index in [1.807, 2.05) is 19.1 Å². The highest BCUT2D eigenvalue weighted by Crippen LogP contribution is 2.64. The van der Waals surface area contributed by atoms with Gasteiger partial charge in [-0.15, -0.1) is 0 Å². The molecule has 0 aromatic heterocycles. The van der Waals surface area contributed by atoms with Crippen LogP contribution in [0.3, 0.4) is 0 Å². The van der Waals surface area contributed by atoms with Crippen molar-refractivity contribution in [1.29, 1.82) is 0 Å². The highest BCUT2D eigenvalue weighted by atomic mass is 32.2. The molecule has 4 aliphatic rings. The average molecular weight is 457 g/mol. The zero-order valence-corrected chi connectivity index (χ0v) is 20.3. The van der Waals surface area contributed by atoms with Crippen LogP contribution in [0.5, 0.6) is 0 Å². The van der Waals surface area contributed by atoms with Crippen molar-refractivity contribution in [2.75, 3.05) is 0 Å². The molecule has 3 saturated carbocycles. The molecule has 0 bridgehead atoms. The Hall–Kier alpha value is -1.66. The number of rotatable bonds is 3. The van der Waals surface area contributed by atoms with E-state index in [-0.39, 0.29) is 21.8 Å². The number of allylic oxidation sites excluding steroid dienone is 1. The van der Waals surface area contributed by atoms with Crippen molar-refractivity contribution in [2.24, 2.45) is 33.7 Å². The summed E-state index contributed by atoms with van der Waals surface area (Å²) in [6.07, 6.45) is 10.4. The van der Waals surface area contributed by atoms with E-state index in [1.54, 1.807) is 12.1 Å². The van der Waals surface area contributed by atoms with E-state index in [2.05, 4.69) is 29.9 Å². The lowest BCUT2D eigenvalue weighted by Crippen LogP contribution is -2.50. The first-order valence-corrected chi connectivity index (χ1v) is 13.6. The normalized spacial score (nSPS) is 40.2. The predicted octanol–water partition coefficient (Wildman–Crippen LogP) is 4.95. The second-order valence-corrected chi connectivity index (χ2v) is 12.8. The second kappa shape index (κ2) is 7.69. The molecule has 174 valence electrons. The van der Waals surface area contributed by atoms with Crippen LogP contribution in [0.4, 0.5) is 0 Å². The molecule has 2 N–H and O–H groups in total. The van der Waals surface area contributed by atoms with E-state index in [1.165, 1.54) is 5.57 Å². The maximum Gasteiger partial charge on any atom is 0.276 e. The van der Waals surface area contributed by atoms with Crippen LogP contribution in [0.25, 0.3) is 0 Å². The smallest absolute Gasteiger partial charge is 0.276 e. The van der Waals surface area contributed by atoms with Crippen LogP contribution < -0.4 is 4.83 Å². The van der Waals surface area contributed by atoms with Gasteiger partial charge in [-0.3, -0.25) is 0 Å². The van der Waals surface area contributed by atoms with Gasteiger partial charge in [0.2, 0.25) is 0 Å². The van der Waals surface area contributed by atoms with E-state index in [9.17, 15) is 13.5 Å². The lowest BCUT2D eigenvalue weighted by molar-refractivity contribution is -0.0209. The van der Waals surface area contributed by atoms with E-state index in [0.717, 1.165) is 62.6 Å². The third kappa shape index (κ3) is 3.45. The number of benzene rings is 1. The van der Waals surface area contributed by atoms with Crippen LogP contribution in [-0.4, -0.2) is 25.3 Å². The number of hydrogen-bond acceptors (Lipinski definition) is 4. The zero-order chi connectivity index (χ0) is 22.7. The summed E-state index contributed by atoms with van der Waals surface area (Å²) in [5.74, 6) is 1.83. The van der Waals surface area contributed by atoms with Gasteiger partial charge in [0.05, 0.1) is 11.0 Å². The number of hydrazone groups is 1. The van der Waals surface area contributed by atoms with Gasteiger partial charge >= 0.3 is 0 Å². The van der Waals surface area contributed by atoms with Gasteiger partial charge in [-0.1, -0.05) is 43.2 Å². The summed E-state index contributed by atoms with van der Waals surface area (Å²) in [5.41, 5.74) is 3.72. The standard InChI is InChI=1S/C26H36N2O3S/c1-17-4-7-20(8-5-17)32(30,31)28-27-24-11-10-22-21-9-6-18-16-19(29)12-14-25(18,2)23(21)13-15-26(22,24)3/h4-8,19,21-23,28-29H,9-16H2,1-3H3/b27-24+/t19-,21+,22+,23+,25+,26+/m1/s1. The fourth-order valence-electron chi connectivity index (χ4n) is 7.50. The molecule has 0 amide bonds. The average Bonchev–Trinajstić information content (AvgIpc) is 3.09. The third-order valence-electron chi connectivity index (χ3n) is 9.45. The Bertz CT molecular complexity index is 1060. The monoisotopic (exact) mass is 456 g/mol. The summed E-state index contributed by atoms with van der Waals surface area (Å²) in [4.78, 5) is 2.80. The molecule has 0 aliphatic heterocycles. The quantitative estimate of drug-likeness (QED) is 0.499. The van der Waals surface area contributed by atoms with Crippen molar-refractivity contribution >= 4 is 15.7 Å². The van der Waals surface area contributed by atoms with E-state index < -0.39 is 10.0 Å². The van der Waals surface area contributed by atoms with E-state index in [4.69, 9.17) is 0 Å². The van der Waals surface area contributed by atoms with Gasteiger partial charge < -0.3 is 5.11 Å². The number of sulfonamides is 1. The number of nitrogens with one attached hydrogen (secondary N) is 1. The summed E-state index contributed by atoms with van der Waals surface area (Å²) in [7, 11) is -3.65. The van der Waals surface area contributed by atoms with Gasteiger partial charge in [0, 0.05) is 11.1 Å². The van der Waals surface area contributed by atoms with Crippen LogP contribution in [0.1, 0.15) is 70.8 Å². The second-order valence-electron chi connectivity index (χ2n) is 11.1. The van der Waals surface area contributed by atoms with Crippen LogP contribution in [0, 0.1) is 35.5 Å². The Morgan fingerprint density at radius 2 is 1.72 bits per heavy atom. The molecule has 1 aromatic carbocycles. The summed E-state index contributed by atoms with van der Waals surface area (Å²) < 4.78 is 25.5. The van der Waals surface area contributed by atoms with Crippen molar-refractivity contribution in [3.05, 3.63) is 41.5 Å². The Morgan fingerprint density at radius 3 is 2.47 bits per heavy atom. The van der Waals surface area contributed by atoms with Crippen molar-refractivity contribution < 1.29 is 13.5 Å². The van der Waals surface area contributed by atoms with Gasteiger partial charge in [0.1, 0.15) is 0 Å². The summed E-state index contributed by atoms with van der Waals surface area (Å²) >= 11 is 0. The Morgan fingerprint density at radius 1 is 1.03 bits per heavy atom. The number of nitrogens with zero attached hydrogens (tertiary/aromatic N) is 1. The van der Waals surface area contributed by atoms with E-state index in [0.29, 0.717) is 17.8 Å². The highest BCUT2D eigenvalue weighted by molar-refractivity contribution is 7.89. The molecule has 0 heterocycles. The molecule has 6 heteroatoms. The fraction of sp³-hybridized carbons (Fsp3) is 0.654. The minimum absolute atomic E-state index is 0.0349. The lowest BCUT2D eigenvalue weighted by atomic mass is 9.48. The lowest BCUT2D eigenvalue weighted by Gasteiger charge is -2.57. The first-order valence-electron chi connectivity index (χ1n) is 12.2. The maximum absolute atomic E-state index is 12.8. The molecule has 6 atom stereocenters. The van der Waals surface area contributed by atoms with Gasteiger partial charge in [-0.05, 0) is 93.6 Å². The maximum atomic E-state index is 12.8. The Kier molecular flexibility index (Phi) is 5.33. The first-order chi connectivity index (χ1) is 15.1. The molecule has 0 radical (unpaired) electrons. The van der Waals surface area contributed by atoms with Crippen molar-refractivity contribution in [2.45, 2.75) is 83.1 Å². The largest absolute Gasteiger partial charge is 0.393 e. The molecule has 5 nitrogen and oxygen atoms in total. The van der Waals surface area contributed by atoms with Gasteiger partial charge in [0.25, 0.3) is 10.0 Å². The number of fused-ring (bicyclic) bond motifs is 5. The van der Waals surface area contributed by atoms with Crippen LogP contribution >= 0.6 is 0 Å². The zero-order valence-electron chi connectivity index (χ0n) is 19.5. The molecule has 0 spiro atoms. The van der Waals surface area contributed by atoms with Crippen molar-refractivity contribution in [3.63, 3.8) is 0 Å². The molecule has 4 aliphatic carbocycles. The SMILES string of the molecule is Cc1ccc(S(=O)(=O)N/N=C2\CC[C@H]3[C@@H]4CC=C5C[C@H](O)CC[C@]5(C)[C@H]4CC[C@]23C)cc1. The van der Waals surface area contributed by atoms with E-state index >= 15 is 0 Å². The van der Waals surface area contributed by atoms with Crippen molar-refractivity contribution in [1.82, 2.24) is 4.83 Å². The Balaban J connectivity index is 1.38. The fourth-order valence-corrected chi connectivity index (χ4v) is 8.33. The number of aliphatic hydroxyl groups excluding tert-OH is 1. The molecule has 0 unspecified atom stereocenters. The topological polar surface area (TPSA) is 78.8 Å². The summed E-state index contributed by atoms with van der Waals surface area (Å²) in [6, 6.07) is 6.89. The number of aryl methyl sites for hydroxylation is 1. The number of aliphatic hydroxyl groups is 1. The first kappa shape index (κ1) is 22.1. The minimum atomic E-state index is -3.65. The molecule has 1 aromatic rings. The molecule has 32 heavy (non-hydrogen) atoms. The molecule has 0 saturated heterocycles. The molecule has 5 rings (SSSR count). The van der Waals surface area contributed by atoms with Crippen molar-refractivity contribution in [3.8, 4) is 0 Å². The number of hydrogen-bond donors (Lipinski definition) is 2. The predicted molar refractivity (Wildman–Crippen MR) is 127 cm³/mol. The van der Waals surface area contributed by atoms with Gasteiger partial charge in [-0.2, -0.15) is 13.5 Å². The molecular weight excluding hydrogens is 420 g/mol. The highest BCUT2D eigenvalue weighted by Gasteiger charge is 2.57. The molecular formula is C26H36N2O3S. The summed E-state index contributed by atoms with van der Waals surface area (Å²) in [6.45, 7) is 6.69. The summed E-state index contributed by atoms with van der Waals surface area (Å²) in [5, 5.41) is 14.7. The Labute approximate surface area is 192 Å². The van der Waals surface area contributed by atoms with Crippen LogP contribution in [-0.2, 0) is 10.0 Å². The van der Waals surface area contributed by atoms with Crippen LogP contribution in [0.2, 0.25) is 0 Å². The minimum Gasteiger partial charge on any atom is -0.393 e. The molecule has 3 fully saturated rings. The van der Waals surface area contributed by atoms with Crippen LogP contribution in [0.15, 0.2) is 45.9 Å². The van der Waals surface area contributed by atoms with Gasteiger partial charge in [0.15, 0.2) is 0 Å². The third-order valence-corrected chi connectivity index (χ3v) is 10.7.